The van der Waals surface area contributed by atoms with Gasteiger partial charge >= 0.3 is 0 Å². The molecular formula is C16H28INO. The Bertz CT molecular complexity index is 260. The first-order valence-corrected chi connectivity index (χ1v) is 8.68. The highest BCUT2D eigenvalue weighted by molar-refractivity contribution is 14.1. The second-order valence-corrected chi connectivity index (χ2v) is 5.98. The predicted molar refractivity (Wildman–Crippen MR) is 91.7 cm³/mol. The molecule has 19 heavy (non-hydrogen) atoms. The molecule has 0 saturated heterocycles. The molecule has 0 aromatic carbocycles. The van der Waals surface area contributed by atoms with Gasteiger partial charge in [0.25, 0.3) is 3.91 Å². The summed E-state index contributed by atoms with van der Waals surface area (Å²) in [6, 6.07) is 0. The van der Waals surface area contributed by atoms with Gasteiger partial charge < -0.3 is 4.90 Å². The van der Waals surface area contributed by atoms with Gasteiger partial charge in [-0.15, -0.1) is 6.42 Å². The standard InChI is InChI=1S/C16H28INO/c1-3-5-6-7-8-9-10-11-12-13-15-18(14-4-2)16(17)19/h2H,3,5-15H2,1H3. The maximum Gasteiger partial charge on any atom is 0.283 e. The third-order valence-corrected chi connectivity index (χ3v) is 3.99. The van der Waals surface area contributed by atoms with E-state index >= 15 is 0 Å². The van der Waals surface area contributed by atoms with Gasteiger partial charge in [0.1, 0.15) is 0 Å². The van der Waals surface area contributed by atoms with E-state index in [9.17, 15) is 4.79 Å². The third kappa shape index (κ3) is 12.5. The van der Waals surface area contributed by atoms with E-state index in [-0.39, 0.29) is 3.91 Å². The van der Waals surface area contributed by atoms with Crippen LogP contribution in [0, 0.1) is 12.3 Å². The summed E-state index contributed by atoms with van der Waals surface area (Å²) < 4.78 is 0.0616. The summed E-state index contributed by atoms with van der Waals surface area (Å²) in [7, 11) is 0. The molecule has 0 heterocycles. The number of carbonyl (C=O) groups is 1. The SMILES string of the molecule is C#CCN(CCCCCCCCCCCC)C(=O)I. The van der Waals surface area contributed by atoms with Gasteiger partial charge in [-0.1, -0.05) is 70.6 Å². The molecule has 0 aromatic heterocycles. The molecule has 0 aliphatic heterocycles. The van der Waals surface area contributed by atoms with Gasteiger partial charge in [0, 0.05) is 29.1 Å². The molecule has 3 heteroatoms. The van der Waals surface area contributed by atoms with Crippen LogP contribution in [-0.2, 0) is 0 Å². The van der Waals surface area contributed by atoms with Crippen molar-refractivity contribution >= 4 is 26.5 Å². The molecule has 0 fully saturated rings. The van der Waals surface area contributed by atoms with Crippen molar-refractivity contribution in [3.63, 3.8) is 0 Å². The highest BCUT2D eigenvalue weighted by Crippen LogP contribution is 2.11. The quantitative estimate of drug-likeness (QED) is 0.147. The first-order chi connectivity index (χ1) is 9.22. The molecule has 0 rings (SSSR count). The average Bonchev–Trinajstić information content (AvgIpc) is 2.39. The van der Waals surface area contributed by atoms with E-state index in [1.54, 1.807) is 4.90 Å². The summed E-state index contributed by atoms with van der Waals surface area (Å²) >= 11 is 1.81. The van der Waals surface area contributed by atoms with Gasteiger partial charge in [0.15, 0.2) is 0 Å². The summed E-state index contributed by atoms with van der Waals surface area (Å²) in [5.41, 5.74) is 0. The van der Waals surface area contributed by atoms with Gasteiger partial charge in [0.2, 0.25) is 0 Å². The first kappa shape index (κ1) is 18.8. The van der Waals surface area contributed by atoms with Crippen LogP contribution in [0.1, 0.15) is 71.1 Å². The van der Waals surface area contributed by atoms with E-state index in [0.717, 1.165) is 13.0 Å². The Labute approximate surface area is 132 Å². The number of amides is 1. The number of hydrogen-bond acceptors (Lipinski definition) is 1. The molecule has 110 valence electrons. The van der Waals surface area contributed by atoms with E-state index in [0.29, 0.717) is 6.54 Å². The van der Waals surface area contributed by atoms with Gasteiger partial charge in [-0.05, 0) is 6.42 Å². The number of carbonyl (C=O) groups excluding carboxylic acids is 1. The minimum atomic E-state index is 0.0616. The third-order valence-electron chi connectivity index (χ3n) is 3.31. The lowest BCUT2D eigenvalue weighted by atomic mass is 10.1. The van der Waals surface area contributed by atoms with Crippen molar-refractivity contribution in [1.29, 1.82) is 0 Å². The fourth-order valence-corrected chi connectivity index (χ4v) is 2.54. The molecule has 0 atom stereocenters. The Hall–Kier alpha value is -0.240. The lowest BCUT2D eigenvalue weighted by molar-refractivity contribution is 0.231. The second kappa shape index (κ2) is 14.2. The van der Waals surface area contributed by atoms with Gasteiger partial charge in [0.05, 0.1) is 6.54 Å². The summed E-state index contributed by atoms with van der Waals surface area (Å²) in [4.78, 5) is 13.0. The van der Waals surface area contributed by atoms with Crippen LogP contribution in [0.25, 0.3) is 0 Å². The number of terminal acetylenes is 1. The maximum absolute atomic E-state index is 11.2. The fourth-order valence-electron chi connectivity index (χ4n) is 2.13. The minimum Gasteiger partial charge on any atom is -0.323 e. The molecule has 0 spiro atoms. The molecule has 0 saturated carbocycles. The van der Waals surface area contributed by atoms with E-state index in [1.807, 2.05) is 22.6 Å². The van der Waals surface area contributed by atoms with Crippen LogP contribution < -0.4 is 0 Å². The van der Waals surface area contributed by atoms with Gasteiger partial charge in [-0.3, -0.25) is 4.79 Å². The Morgan fingerprint density at radius 2 is 1.47 bits per heavy atom. The van der Waals surface area contributed by atoms with E-state index in [4.69, 9.17) is 6.42 Å². The lowest BCUT2D eigenvalue weighted by Crippen LogP contribution is -2.27. The molecule has 0 radical (unpaired) electrons. The first-order valence-electron chi connectivity index (χ1n) is 7.60. The Kier molecular flexibility index (Phi) is 14.0. The highest BCUT2D eigenvalue weighted by atomic mass is 127. The van der Waals surface area contributed by atoms with E-state index in [1.165, 1.54) is 57.8 Å². The lowest BCUT2D eigenvalue weighted by Gasteiger charge is -2.16. The van der Waals surface area contributed by atoms with Crippen LogP contribution in [0.5, 0.6) is 0 Å². The maximum atomic E-state index is 11.2. The zero-order chi connectivity index (χ0) is 14.3. The zero-order valence-electron chi connectivity index (χ0n) is 12.3. The number of halogens is 1. The zero-order valence-corrected chi connectivity index (χ0v) is 14.5. The number of nitrogens with zero attached hydrogens (tertiary/aromatic N) is 1. The molecule has 0 aliphatic rings. The van der Waals surface area contributed by atoms with Gasteiger partial charge in [-0.2, -0.15) is 0 Å². The molecule has 2 nitrogen and oxygen atoms in total. The molecule has 0 unspecified atom stereocenters. The number of unbranched alkanes of at least 4 members (excludes halogenated alkanes) is 9. The average molecular weight is 377 g/mol. The minimum absolute atomic E-state index is 0.0616. The van der Waals surface area contributed by atoms with E-state index < -0.39 is 0 Å². The van der Waals surface area contributed by atoms with Crippen molar-refractivity contribution in [1.82, 2.24) is 4.90 Å². The van der Waals surface area contributed by atoms with Crippen molar-refractivity contribution in [3.05, 3.63) is 0 Å². The summed E-state index contributed by atoms with van der Waals surface area (Å²) in [5.74, 6) is 2.53. The Morgan fingerprint density at radius 3 is 1.89 bits per heavy atom. The van der Waals surface area contributed by atoms with Crippen LogP contribution in [0.15, 0.2) is 0 Å². The fraction of sp³-hybridized carbons (Fsp3) is 0.812. The van der Waals surface area contributed by atoms with Crippen molar-refractivity contribution in [3.8, 4) is 12.3 Å². The highest BCUT2D eigenvalue weighted by Gasteiger charge is 2.07. The monoisotopic (exact) mass is 377 g/mol. The topological polar surface area (TPSA) is 20.3 Å². The van der Waals surface area contributed by atoms with Crippen LogP contribution in [0.4, 0.5) is 4.79 Å². The largest absolute Gasteiger partial charge is 0.323 e. The van der Waals surface area contributed by atoms with Crippen molar-refractivity contribution in [2.75, 3.05) is 13.1 Å². The normalized spacial score (nSPS) is 10.2. The van der Waals surface area contributed by atoms with Gasteiger partial charge in [-0.25, -0.2) is 0 Å². The van der Waals surface area contributed by atoms with Crippen LogP contribution in [0.3, 0.4) is 0 Å². The van der Waals surface area contributed by atoms with Crippen molar-refractivity contribution in [2.24, 2.45) is 0 Å². The smallest absolute Gasteiger partial charge is 0.283 e. The summed E-state index contributed by atoms with van der Waals surface area (Å²) in [6.07, 6.45) is 18.4. The van der Waals surface area contributed by atoms with Crippen LogP contribution >= 0.6 is 22.6 Å². The van der Waals surface area contributed by atoms with Crippen molar-refractivity contribution in [2.45, 2.75) is 71.1 Å². The molecule has 0 aliphatic carbocycles. The Balaban J connectivity index is 3.30. The summed E-state index contributed by atoms with van der Waals surface area (Å²) in [6.45, 7) is 3.51. The molecule has 0 aromatic rings. The second-order valence-electron chi connectivity index (χ2n) is 5.06. The molecule has 0 N–H and O–H groups in total. The predicted octanol–water partition coefficient (Wildman–Crippen LogP) is 5.40. The summed E-state index contributed by atoms with van der Waals surface area (Å²) in [5, 5.41) is 0. The van der Waals surface area contributed by atoms with Crippen LogP contribution in [-0.4, -0.2) is 21.9 Å². The Morgan fingerprint density at radius 1 is 1.00 bits per heavy atom. The van der Waals surface area contributed by atoms with Crippen LogP contribution in [0.2, 0.25) is 0 Å². The molecular weight excluding hydrogens is 349 g/mol. The van der Waals surface area contributed by atoms with E-state index in [2.05, 4.69) is 12.8 Å². The molecule has 0 bridgehead atoms. The number of hydrogen-bond donors (Lipinski definition) is 0. The number of rotatable bonds is 12. The van der Waals surface area contributed by atoms with Crippen molar-refractivity contribution < 1.29 is 4.79 Å². The molecule has 1 amide bonds.